The van der Waals surface area contributed by atoms with Crippen LogP contribution in [0.3, 0.4) is 0 Å². The molecule has 13 heavy (non-hydrogen) atoms. The van der Waals surface area contributed by atoms with Crippen LogP contribution in [0.15, 0.2) is 0 Å². The lowest BCUT2D eigenvalue weighted by Crippen LogP contribution is -2.54. The van der Waals surface area contributed by atoms with E-state index in [1.807, 2.05) is 0 Å². The molecular formula is C9H26NPSi2. The molecule has 1 unspecified atom stereocenters. The summed E-state index contributed by atoms with van der Waals surface area (Å²) in [5.41, 5.74) is 0.832. The largest absolute Gasteiger partial charge is 0.326 e. The van der Waals surface area contributed by atoms with Crippen molar-refractivity contribution in [3.63, 3.8) is 0 Å². The molecule has 0 saturated carbocycles. The smallest absolute Gasteiger partial charge is 0.115 e. The number of rotatable bonds is 4. The van der Waals surface area contributed by atoms with Crippen molar-refractivity contribution in [2.24, 2.45) is 0 Å². The van der Waals surface area contributed by atoms with Crippen molar-refractivity contribution in [1.82, 2.24) is 4.00 Å². The van der Waals surface area contributed by atoms with E-state index < -0.39 is 16.5 Å². The molecule has 80 valence electrons. The summed E-state index contributed by atoms with van der Waals surface area (Å²) in [4.78, 5) is 0. The number of nitrogens with zero attached hydrogens (tertiary/aromatic N) is 1. The van der Waals surface area contributed by atoms with Crippen LogP contribution in [0.1, 0.15) is 13.8 Å². The minimum atomic E-state index is -1.08. The Morgan fingerprint density at radius 2 is 1.15 bits per heavy atom. The average Bonchev–Trinajstić information content (AvgIpc) is 1.77. The summed E-state index contributed by atoms with van der Waals surface area (Å²) in [5.74, 6) is 0. The third-order valence-electron chi connectivity index (χ3n) is 1.73. The van der Waals surface area contributed by atoms with Crippen molar-refractivity contribution in [2.45, 2.75) is 58.8 Å². The van der Waals surface area contributed by atoms with Crippen LogP contribution in [0.4, 0.5) is 0 Å². The van der Waals surface area contributed by atoms with Crippen LogP contribution in [-0.4, -0.2) is 26.1 Å². The van der Waals surface area contributed by atoms with E-state index in [1.54, 1.807) is 0 Å². The van der Waals surface area contributed by atoms with Gasteiger partial charge >= 0.3 is 0 Å². The second-order valence-electron chi connectivity index (χ2n) is 5.96. The predicted octanol–water partition coefficient (Wildman–Crippen LogP) is 3.96. The Hall–Kier alpha value is 0.824. The summed E-state index contributed by atoms with van der Waals surface area (Å²) >= 11 is 0. The van der Waals surface area contributed by atoms with E-state index in [1.165, 1.54) is 0 Å². The molecular weight excluding hydrogens is 209 g/mol. The zero-order valence-electron chi connectivity index (χ0n) is 10.5. The van der Waals surface area contributed by atoms with Gasteiger partial charge in [0.2, 0.25) is 0 Å². The molecule has 0 bridgehead atoms. The van der Waals surface area contributed by atoms with E-state index in [4.69, 9.17) is 0 Å². The molecule has 0 N–H and O–H groups in total. The van der Waals surface area contributed by atoms with Crippen LogP contribution in [0.2, 0.25) is 39.3 Å². The summed E-state index contributed by atoms with van der Waals surface area (Å²) in [5, 5.41) is 0. The van der Waals surface area contributed by atoms with E-state index in [9.17, 15) is 0 Å². The lowest BCUT2D eigenvalue weighted by Gasteiger charge is -2.44. The van der Waals surface area contributed by atoms with Crippen LogP contribution in [-0.2, 0) is 0 Å². The summed E-state index contributed by atoms with van der Waals surface area (Å²) in [6.45, 7) is 19.5. The van der Waals surface area contributed by atoms with Crippen LogP contribution in [0, 0.1) is 0 Å². The summed E-state index contributed by atoms with van der Waals surface area (Å²) in [7, 11) is -1.12. The summed E-state index contributed by atoms with van der Waals surface area (Å²) < 4.78 is 2.88. The molecule has 0 saturated heterocycles. The highest BCUT2D eigenvalue weighted by atomic mass is 31.1. The fraction of sp³-hybridized carbons (Fsp3) is 1.00. The molecule has 0 aliphatic carbocycles. The van der Waals surface area contributed by atoms with Gasteiger partial charge in [-0.25, -0.2) is 0 Å². The fourth-order valence-electron chi connectivity index (χ4n) is 1.65. The van der Waals surface area contributed by atoms with E-state index in [0.29, 0.717) is 0 Å². The van der Waals surface area contributed by atoms with Crippen LogP contribution < -0.4 is 0 Å². The van der Waals surface area contributed by atoms with Crippen LogP contribution in [0.5, 0.6) is 0 Å². The first-order valence-corrected chi connectivity index (χ1v) is 13.0. The standard InChI is InChI=1S/C9H26NPSi2/c1-9(2)11-10(12(3,4)5)13(6,7)8/h9,11H,1-8H3. The Bertz CT molecular complexity index is 144. The van der Waals surface area contributed by atoms with Gasteiger partial charge < -0.3 is 4.00 Å². The molecule has 0 amide bonds. The molecule has 4 heteroatoms. The first kappa shape index (κ1) is 13.8. The number of hydrogen-bond donors (Lipinski definition) is 0. The van der Waals surface area contributed by atoms with E-state index in [-0.39, 0.29) is 0 Å². The maximum Gasteiger partial charge on any atom is 0.115 e. The molecule has 0 radical (unpaired) electrons. The highest BCUT2D eigenvalue weighted by Crippen LogP contribution is 2.35. The third kappa shape index (κ3) is 5.31. The minimum Gasteiger partial charge on any atom is -0.326 e. The SMILES string of the molecule is CC(C)PN([Si](C)(C)C)[Si](C)(C)C. The molecule has 0 aromatic carbocycles. The van der Waals surface area contributed by atoms with Crippen molar-refractivity contribution in [3.05, 3.63) is 0 Å². The van der Waals surface area contributed by atoms with Gasteiger partial charge in [0, 0.05) is 0 Å². The molecule has 0 aliphatic rings. The fourth-order valence-corrected chi connectivity index (χ4v) is 14.9. The van der Waals surface area contributed by atoms with Gasteiger partial charge in [-0.05, 0) is 5.66 Å². The van der Waals surface area contributed by atoms with Gasteiger partial charge in [-0.3, -0.25) is 0 Å². The quantitative estimate of drug-likeness (QED) is 0.526. The second kappa shape index (κ2) is 4.56. The molecule has 0 rings (SSSR count). The molecule has 0 heterocycles. The Balaban J connectivity index is 4.58. The Kier molecular flexibility index (Phi) is 4.85. The monoisotopic (exact) mass is 235 g/mol. The molecule has 1 nitrogen and oxygen atoms in total. The van der Waals surface area contributed by atoms with Crippen molar-refractivity contribution >= 4 is 25.2 Å². The Morgan fingerprint density at radius 3 is 1.23 bits per heavy atom. The Morgan fingerprint density at radius 1 is 0.846 bits per heavy atom. The molecule has 0 aromatic heterocycles. The molecule has 0 fully saturated rings. The van der Waals surface area contributed by atoms with Gasteiger partial charge in [0.15, 0.2) is 0 Å². The van der Waals surface area contributed by atoms with Gasteiger partial charge in [0.25, 0.3) is 0 Å². The average molecular weight is 235 g/mol. The van der Waals surface area contributed by atoms with Crippen molar-refractivity contribution in [3.8, 4) is 0 Å². The normalized spacial score (nSPS) is 15.2. The first-order chi connectivity index (χ1) is 5.55. The zero-order chi connectivity index (χ0) is 10.9. The van der Waals surface area contributed by atoms with Crippen molar-refractivity contribution in [2.75, 3.05) is 0 Å². The summed E-state index contributed by atoms with van der Waals surface area (Å²) in [6, 6.07) is 0. The molecule has 0 spiro atoms. The van der Waals surface area contributed by atoms with Gasteiger partial charge in [0.05, 0.1) is 0 Å². The second-order valence-corrected chi connectivity index (χ2v) is 18.7. The predicted molar refractivity (Wildman–Crippen MR) is 72.0 cm³/mol. The van der Waals surface area contributed by atoms with Crippen molar-refractivity contribution in [1.29, 1.82) is 0 Å². The maximum absolute atomic E-state index is 2.88. The van der Waals surface area contributed by atoms with Crippen LogP contribution in [0.25, 0.3) is 0 Å². The highest BCUT2D eigenvalue weighted by molar-refractivity contribution is 7.43. The number of hydrogen-bond acceptors (Lipinski definition) is 1. The molecule has 0 aliphatic heterocycles. The zero-order valence-corrected chi connectivity index (χ0v) is 13.5. The van der Waals surface area contributed by atoms with Gasteiger partial charge in [-0.2, -0.15) is 0 Å². The van der Waals surface area contributed by atoms with Crippen LogP contribution >= 0.6 is 8.73 Å². The van der Waals surface area contributed by atoms with Crippen molar-refractivity contribution < 1.29 is 0 Å². The van der Waals surface area contributed by atoms with Gasteiger partial charge in [0.1, 0.15) is 16.5 Å². The summed E-state index contributed by atoms with van der Waals surface area (Å²) in [6.07, 6.45) is 0. The molecule has 1 atom stereocenters. The van der Waals surface area contributed by atoms with E-state index in [2.05, 4.69) is 57.1 Å². The maximum atomic E-state index is 2.88. The molecule has 0 aromatic rings. The van der Waals surface area contributed by atoms with Gasteiger partial charge in [-0.1, -0.05) is 61.9 Å². The lowest BCUT2D eigenvalue weighted by atomic mass is 10.6. The van der Waals surface area contributed by atoms with E-state index in [0.717, 1.165) is 14.4 Å². The van der Waals surface area contributed by atoms with Gasteiger partial charge in [-0.15, -0.1) is 0 Å². The highest BCUT2D eigenvalue weighted by Gasteiger charge is 2.34. The minimum absolute atomic E-state index is 0.832. The first-order valence-electron chi connectivity index (χ1n) is 5.11. The topological polar surface area (TPSA) is 3.24 Å². The Labute approximate surface area is 88.3 Å². The third-order valence-corrected chi connectivity index (χ3v) is 14.0. The van der Waals surface area contributed by atoms with E-state index >= 15 is 0 Å². The lowest BCUT2D eigenvalue weighted by molar-refractivity contribution is 0.944.